The molecular weight excluding hydrogens is 506 g/mol. The molecule has 2 heterocycles. The average molecular weight is 540 g/mol. The molecule has 37 heavy (non-hydrogen) atoms. The standard InChI is InChI=1S/C27H33N5O3S2/c1-4-14-32(15-5-2)37(34,35)23-11-9-22(10-12-23)26(33)28-13-16-30-17-19-31(20-18-30)27-29-25-21(3)7-6-8-24(25)36-27/h4-12H,1-2,13-20H2,3H3,(H,28,33). The highest BCUT2D eigenvalue weighted by Crippen LogP contribution is 2.31. The molecule has 0 unspecified atom stereocenters. The number of amides is 1. The van der Waals surface area contributed by atoms with Crippen molar-refractivity contribution in [1.29, 1.82) is 0 Å². The van der Waals surface area contributed by atoms with Gasteiger partial charge in [0.1, 0.15) is 0 Å². The molecule has 0 spiro atoms. The lowest BCUT2D eigenvalue weighted by Crippen LogP contribution is -2.48. The van der Waals surface area contributed by atoms with Crippen LogP contribution in [0, 0.1) is 6.92 Å². The number of anilines is 1. The molecule has 0 saturated carbocycles. The van der Waals surface area contributed by atoms with Gasteiger partial charge in [0.25, 0.3) is 5.91 Å². The molecular formula is C27H33N5O3S2. The molecule has 1 amide bonds. The summed E-state index contributed by atoms with van der Waals surface area (Å²) in [6, 6.07) is 12.3. The van der Waals surface area contributed by atoms with Gasteiger partial charge in [-0.1, -0.05) is 35.6 Å². The molecule has 196 valence electrons. The second-order valence-electron chi connectivity index (χ2n) is 8.93. The van der Waals surface area contributed by atoms with Crippen LogP contribution in [0.25, 0.3) is 10.2 Å². The number of carbonyl (C=O) groups is 1. The van der Waals surface area contributed by atoms with E-state index < -0.39 is 10.0 Å². The molecule has 0 atom stereocenters. The van der Waals surface area contributed by atoms with Crippen LogP contribution in [0.4, 0.5) is 5.13 Å². The number of aromatic nitrogens is 1. The topological polar surface area (TPSA) is 85.8 Å². The van der Waals surface area contributed by atoms with Crippen molar-refractivity contribution >= 4 is 42.6 Å². The number of piperazine rings is 1. The predicted octanol–water partition coefficient (Wildman–Crippen LogP) is 3.52. The fraction of sp³-hybridized carbons (Fsp3) is 0.333. The van der Waals surface area contributed by atoms with Crippen LogP contribution in [0.15, 0.2) is 72.7 Å². The summed E-state index contributed by atoms with van der Waals surface area (Å²) in [4.78, 5) is 22.3. The van der Waals surface area contributed by atoms with Crippen LogP contribution in [-0.2, 0) is 10.0 Å². The van der Waals surface area contributed by atoms with E-state index in [1.54, 1.807) is 23.5 Å². The average Bonchev–Trinajstić information content (AvgIpc) is 3.35. The van der Waals surface area contributed by atoms with Crippen molar-refractivity contribution in [1.82, 2.24) is 19.5 Å². The quantitative estimate of drug-likeness (QED) is 0.376. The first-order valence-corrected chi connectivity index (χ1v) is 14.5. The highest BCUT2D eigenvalue weighted by atomic mass is 32.2. The molecule has 1 fully saturated rings. The third-order valence-electron chi connectivity index (χ3n) is 6.39. The fourth-order valence-electron chi connectivity index (χ4n) is 4.29. The lowest BCUT2D eigenvalue weighted by atomic mass is 10.2. The number of thiazole rings is 1. The van der Waals surface area contributed by atoms with Crippen molar-refractivity contribution in [3.05, 3.63) is 78.9 Å². The van der Waals surface area contributed by atoms with Crippen LogP contribution in [-0.4, -0.2) is 80.9 Å². The number of sulfonamides is 1. The first-order valence-electron chi connectivity index (χ1n) is 12.3. The summed E-state index contributed by atoms with van der Waals surface area (Å²) in [5, 5.41) is 4.01. The highest BCUT2D eigenvalue weighted by molar-refractivity contribution is 7.89. The molecule has 1 aliphatic rings. The maximum Gasteiger partial charge on any atom is 0.251 e. The second kappa shape index (κ2) is 12.0. The minimum atomic E-state index is -3.69. The van der Waals surface area contributed by atoms with Crippen LogP contribution in [0.2, 0.25) is 0 Å². The van der Waals surface area contributed by atoms with Gasteiger partial charge in [-0.05, 0) is 42.8 Å². The highest BCUT2D eigenvalue weighted by Gasteiger charge is 2.23. The van der Waals surface area contributed by atoms with Crippen LogP contribution in [0.5, 0.6) is 0 Å². The minimum absolute atomic E-state index is 0.133. The number of rotatable bonds is 11. The first kappa shape index (κ1) is 27.0. The van der Waals surface area contributed by atoms with Gasteiger partial charge >= 0.3 is 0 Å². The molecule has 8 nitrogen and oxygen atoms in total. The molecule has 2 aromatic carbocycles. The van der Waals surface area contributed by atoms with E-state index in [0.717, 1.165) is 43.4 Å². The fourth-order valence-corrected chi connectivity index (χ4v) is 6.76. The molecule has 1 saturated heterocycles. The Morgan fingerprint density at radius 3 is 2.38 bits per heavy atom. The Labute approximate surface area is 223 Å². The van der Waals surface area contributed by atoms with Crippen molar-refractivity contribution in [2.24, 2.45) is 0 Å². The Kier molecular flexibility index (Phi) is 8.75. The van der Waals surface area contributed by atoms with Crippen LogP contribution >= 0.6 is 11.3 Å². The Bertz CT molecular complexity index is 1350. The number of nitrogens with one attached hydrogen (secondary N) is 1. The van der Waals surface area contributed by atoms with Gasteiger partial charge in [-0.25, -0.2) is 13.4 Å². The number of nitrogens with zero attached hydrogens (tertiary/aromatic N) is 4. The monoisotopic (exact) mass is 539 g/mol. The number of hydrogen-bond acceptors (Lipinski definition) is 7. The Hall–Kier alpha value is -3.05. The molecule has 0 aliphatic carbocycles. The molecule has 1 N–H and O–H groups in total. The summed E-state index contributed by atoms with van der Waals surface area (Å²) < 4.78 is 28.2. The third kappa shape index (κ3) is 6.27. The van der Waals surface area contributed by atoms with Crippen LogP contribution in [0.3, 0.4) is 0 Å². The summed E-state index contributed by atoms with van der Waals surface area (Å²) in [5.41, 5.74) is 2.71. The van der Waals surface area contributed by atoms with E-state index in [-0.39, 0.29) is 23.9 Å². The molecule has 1 aliphatic heterocycles. The molecule has 3 aromatic rings. The summed E-state index contributed by atoms with van der Waals surface area (Å²) in [5.74, 6) is -0.221. The molecule has 0 bridgehead atoms. The van der Waals surface area contributed by atoms with Gasteiger partial charge in [0.2, 0.25) is 10.0 Å². The first-order chi connectivity index (χ1) is 17.8. The molecule has 1 aromatic heterocycles. The van der Waals surface area contributed by atoms with Crippen molar-refractivity contribution < 1.29 is 13.2 Å². The van der Waals surface area contributed by atoms with Crippen LogP contribution < -0.4 is 10.2 Å². The molecule has 0 radical (unpaired) electrons. The Morgan fingerprint density at radius 1 is 1.08 bits per heavy atom. The molecule has 4 rings (SSSR count). The maximum absolute atomic E-state index is 12.8. The predicted molar refractivity (Wildman–Crippen MR) is 151 cm³/mol. The van der Waals surface area contributed by atoms with Gasteiger partial charge in [0, 0.05) is 57.9 Å². The van der Waals surface area contributed by atoms with Gasteiger partial charge in [0.15, 0.2) is 5.13 Å². The Balaban J connectivity index is 1.25. The summed E-state index contributed by atoms with van der Waals surface area (Å²) in [6.07, 6.45) is 3.06. The summed E-state index contributed by atoms with van der Waals surface area (Å²) >= 11 is 1.74. The maximum atomic E-state index is 12.8. The number of para-hydroxylation sites is 1. The third-order valence-corrected chi connectivity index (χ3v) is 9.31. The van der Waals surface area contributed by atoms with Gasteiger partial charge in [-0.2, -0.15) is 4.31 Å². The van der Waals surface area contributed by atoms with E-state index in [2.05, 4.69) is 53.4 Å². The molecule has 10 heteroatoms. The van der Waals surface area contributed by atoms with Gasteiger partial charge < -0.3 is 10.2 Å². The second-order valence-corrected chi connectivity index (χ2v) is 11.9. The zero-order valence-corrected chi connectivity index (χ0v) is 22.7. The SMILES string of the molecule is C=CCN(CC=C)S(=O)(=O)c1ccc(C(=O)NCCN2CCN(c3nc4c(C)cccc4s3)CC2)cc1. The van der Waals surface area contributed by atoms with E-state index in [1.807, 2.05) is 0 Å². The van der Waals surface area contributed by atoms with E-state index in [1.165, 1.54) is 38.9 Å². The number of benzene rings is 2. The smallest absolute Gasteiger partial charge is 0.251 e. The number of aryl methyl sites for hydroxylation is 1. The van der Waals surface area contributed by atoms with Crippen molar-refractivity contribution in [3.8, 4) is 0 Å². The van der Waals surface area contributed by atoms with Crippen LogP contribution in [0.1, 0.15) is 15.9 Å². The Morgan fingerprint density at radius 2 is 1.76 bits per heavy atom. The van der Waals surface area contributed by atoms with Crippen molar-refractivity contribution in [3.63, 3.8) is 0 Å². The van der Waals surface area contributed by atoms with Gasteiger partial charge in [0.05, 0.1) is 15.1 Å². The van der Waals surface area contributed by atoms with Gasteiger partial charge in [-0.3, -0.25) is 9.69 Å². The number of fused-ring (bicyclic) bond motifs is 1. The number of hydrogen-bond donors (Lipinski definition) is 1. The summed E-state index contributed by atoms with van der Waals surface area (Å²) in [6.45, 7) is 14.6. The lowest BCUT2D eigenvalue weighted by molar-refractivity contribution is 0.0947. The zero-order chi connectivity index (χ0) is 26.4. The van der Waals surface area contributed by atoms with Gasteiger partial charge in [-0.15, -0.1) is 13.2 Å². The zero-order valence-electron chi connectivity index (χ0n) is 21.1. The van der Waals surface area contributed by atoms with Crippen molar-refractivity contribution in [2.45, 2.75) is 11.8 Å². The number of carbonyl (C=O) groups excluding carboxylic acids is 1. The normalized spacial score (nSPS) is 14.7. The largest absolute Gasteiger partial charge is 0.351 e. The van der Waals surface area contributed by atoms with E-state index in [9.17, 15) is 13.2 Å². The van der Waals surface area contributed by atoms with E-state index >= 15 is 0 Å². The lowest BCUT2D eigenvalue weighted by Gasteiger charge is -2.34. The minimum Gasteiger partial charge on any atom is -0.351 e. The van der Waals surface area contributed by atoms with E-state index in [4.69, 9.17) is 4.98 Å². The van der Waals surface area contributed by atoms with E-state index in [0.29, 0.717) is 12.1 Å². The summed E-state index contributed by atoms with van der Waals surface area (Å²) in [7, 11) is -3.69. The van der Waals surface area contributed by atoms with Crippen molar-refractivity contribution in [2.75, 3.05) is 57.3 Å².